The number of hydrogen-bond acceptors (Lipinski definition) is 3. The molecule has 0 unspecified atom stereocenters. The zero-order chi connectivity index (χ0) is 13.8. The van der Waals surface area contributed by atoms with E-state index in [0.29, 0.717) is 17.3 Å². The SMILES string of the molecule is CNc1nc(-c2ccc(C(C)C)cc2)ccc1C#N. The Balaban J connectivity index is 2.39. The van der Waals surface area contributed by atoms with E-state index in [2.05, 4.69) is 54.5 Å². The fourth-order valence-corrected chi connectivity index (χ4v) is 1.94. The van der Waals surface area contributed by atoms with Gasteiger partial charge >= 0.3 is 0 Å². The molecule has 0 spiro atoms. The van der Waals surface area contributed by atoms with E-state index in [-0.39, 0.29) is 0 Å². The van der Waals surface area contributed by atoms with Gasteiger partial charge in [0.1, 0.15) is 11.9 Å². The number of pyridine rings is 1. The molecule has 2 rings (SSSR count). The van der Waals surface area contributed by atoms with Gasteiger partial charge in [0.2, 0.25) is 0 Å². The standard InChI is InChI=1S/C16H17N3/c1-11(2)12-4-6-13(7-5-12)15-9-8-14(10-17)16(18-3)19-15/h4-9,11H,1-3H3,(H,18,19). The van der Waals surface area contributed by atoms with Crippen molar-refractivity contribution in [1.29, 1.82) is 5.26 Å². The van der Waals surface area contributed by atoms with Crippen LogP contribution < -0.4 is 5.32 Å². The van der Waals surface area contributed by atoms with Crippen molar-refractivity contribution in [3.8, 4) is 17.3 Å². The molecular formula is C16H17N3. The number of benzene rings is 1. The normalized spacial score (nSPS) is 10.3. The number of anilines is 1. The third-order valence-electron chi connectivity index (χ3n) is 3.13. The van der Waals surface area contributed by atoms with E-state index >= 15 is 0 Å². The Morgan fingerprint density at radius 3 is 2.32 bits per heavy atom. The second kappa shape index (κ2) is 5.53. The van der Waals surface area contributed by atoms with Crippen LogP contribution in [0.2, 0.25) is 0 Å². The summed E-state index contributed by atoms with van der Waals surface area (Å²) in [4.78, 5) is 4.47. The molecule has 0 saturated carbocycles. The largest absolute Gasteiger partial charge is 0.372 e. The van der Waals surface area contributed by atoms with Gasteiger partial charge in [-0.05, 0) is 23.6 Å². The third kappa shape index (κ3) is 2.74. The van der Waals surface area contributed by atoms with Crippen LogP contribution in [-0.2, 0) is 0 Å². The van der Waals surface area contributed by atoms with Crippen molar-refractivity contribution in [2.45, 2.75) is 19.8 Å². The van der Waals surface area contributed by atoms with Crippen LogP contribution in [0, 0.1) is 11.3 Å². The quantitative estimate of drug-likeness (QED) is 0.903. The average molecular weight is 251 g/mol. The van der Waals surface area contributed by atoms with Gasteiger partial charge in [-0.2, -0.15) is 5.26 Å². The van der Waals surface area contributed by atoms with Gasteiger partial charge in [-0.15, -0.1) is 0 Å². The van der Waals surface area contributed by atoms with Crippen LogP contribution in [0.3, 0.4) is 0 Å². The van der Waals surface area contributed by atoms with Crippen molar-refractivity contribution < 1.29 is 0 Å². The van der Waals surface area contributed by atoms with Crippen molar-refractivity contribution in [2.24, 2.45) is 0 Å². The first-order chi connectivity index (χ1) is 9.15. The fraction of sp³-hybridized carbons (Fsp3) is 0.250. The Morgan fingerprint density at radius 1 is 1.11 bits per heavy atom. The summed E-state index contributed by atoms with van der Waals surface area (Å²) in [5.41, 5.74) is 3.81. The van der Waals surface area contributed by atoms with E-state index in [1.165, 1.54) is 5.56 Å². The summed E-state index contributed by atoms with van der Waals surface area (Å²) in [6, 6.07) is 14.2. The molecule has 2 aromatic rings. The van der Waals surface area contributed by atoms with Crippen LogP contribution in [0.5, 0.6) is 0 Å². The summed E-state index contributed by atoms with van der Waals surface area (Å²) in [6.45, 7) is 4.35. The van der Waals surface area contributed by atoms with Crippen LogP contribution in [0.15, 0.2) is 36.4 Å². The Bertz CT molecular complexity index is 607. The molecule has 1 heterocycles. The van der Waals surface area contributed by atoms with E-state index < -0.39 is 0 Å². The Morgan fingerprint density at radius 2 is 1.79 bits per heavy atom. The first-order valence-electron chi connectivity index (χ1n) is 6.35. The molecule has 19 heavy (non-hydrogen) atoms. The lowest BCUT2D eigenvalue weighted by Crippen LogP contribution is -1.97. The second-order valence-corrected chi connectivity index (χ2v) is 4.73. The van der Waals surface area contributed by atoms with Gasteiger partial charge in [-0.25, -0.2) is 4.98 Å². The molecule has 1 N–H and O–H groups in total. The Labute approximate surface area is 113 Å². The average Bonchev–Trinajstić information content (AvgIpc) is 2.46. The molecule has 96 valence electrons. The summed E-state index contributed by atoms with van der Waals surface area (Å²) in [7, 11) is 1.77. The molecule has 0 aliphatic heterocycles. The van der Waals surface area contributed by atoms with Gasteiger partial charge in [0.15, 0.2) is 0 Å². The van der Waals surface area contributed by atoms with Crippen molar-refractivity contribution in [3.63, 3.8) is 0 Å². The lowest BCUT2D eigenvalue weighted by atomic mass is 10.0. The monoisotopic (exact) mass is 251 g/mol. The fourth-order valence-electron chi connectivity index (χ4n) is 1.94. The Kier molecular flexibility index (Phi) is 3.82. The minimum absolute atomic E-state index is 0.524. The first kappa shape index (κ1) is 13.1. The van der Waals surface area contributed by atoms with Crippen LogP contribution in [0.4, 0.5) is 5.82 Å². The minimum atomic E-state index is 0.524. The highest BCUT2D eigenvalue weighted by atomic mass is 15.0. The van der Waals surface area contributed by atoms with Crippen molar-refractivity contribution in [2.75, 3.05) is 12.4 Å². The van der Waals surface area contributed by atoms with Crippen molar-refractivity contribution >= 4 is 5.82 Å². The van der Waals surface area contributed by atoms with E-state index in [0.717, 1.165) is 11.3 Å². The van der Waals surface area contributed by atoms with E-state index in [1.54, 1.807) is 13.1 Å². The molecule has 0 radical (unpaired) electrons. The minimum Gasteiger partial charge on any atom is -0.372 e. The molecule has 0 fully saturated rings. The van der Waals surface area contributed by atoms with Crippen molar-refractivity contribution in [3.05, 3.63) is 47.5 Å². The summed E-state index contributed by atoms with van der Waals surface area (Å²) in [6.07, 6.45) is 0. The third-order valence-corrected chi connectivity index (χ3v) is 3.13. The van der Waals surface area contributed by atoms with Gasteiger partial charge in [0.05, 0.1) is 11.3 Å². The summed E-state index contributed by atoms with van der Waals surface area (Å²) < 4.78 is 0. The predicted octanol–water partition coefficient (Wildman–Crippen LogP) is 3.79. The second-order valence-electron chi connectivity index (χ2n) is 4.73. The Hall–Kier alpha value is -2.34. The highest BCUT2D eigenvalue weighted by Crippen LogP contribution is 2.23. The molecule has 0 bridgehead atoms. The summed E-state index contributed by atoms with van der Waals surface area (Å²) >= 11 is 0. The van der Waals surface area contributed by atoms with E-state index in [4.69, 9.17) is 5.26 Å². The summed E-state index contributed by atoms with van der Waals surface area (Å²) in [5.74, 6) is 1.14. The maximum absolute atomic E-state index is 8.98. The zero-order valence-corrected chi connectivity index (χ0v) is 11.4. The molecular weight excluding hydrogens is 234 g/mol. The number of aromatic nitrogens is 1. The molecule has 0 aliphatic rings. The molecule has 0 atom stereocenters. The molecule has 1 aromatic carbocycles. The van der Waals surface area contributed by atoms with Gasteiger partial charge < -0.3 is 5.32 Å². The molecule has 3 heteroatoms. The van der Waals surface area contributed by atoms with Crippen LogP contribution in [-0.4, -0.2) is 12.0 Å². The summed E-state index contributed by atoms with van der Waals surface area (Å²) in [5, 5.41) is 11.9. The highest BCUT2D eigenvalue weighted by Gasteiger charge is 2.06. The molecule has 3 nitrogen and oxygen atoms in total. The van der Waals surface area contributed by atoms with Crippen LogP contribution >= 0.6 is 0 Å². The predicted molar refractivity (Wildman–Crippen MR) is 78.0 cm³/mol. The molecule has 0 amide bonds. The molecule has 0 saturated heterocycles. The lowest BCUT2D eigenvalue weighted by molar-refractivity contribution is 0.867. The van der Waals surface area contributed by atoms with Crippen molar-refractivity contribution in [1.82, 2.24) is 4.98 Å². The van der Waals surface area contributed by atoms with Gasteiger partial charge in [0.25, 0.3) is 0 Å². The topological polar surface area (TPSA) is 48.7 Å². The van der Waals surface area contributed by atoms with Crippen LogP contribution in [0.1, 0.15) is 30.9 Å². The number of hydrogen-bond donors (Lipinski definition) is 1. The lowest BCUT2D eigenvalue weighted by Gasteiger charge is -2.08. The van der Waals surface area contributed by atoms with Gasteiger partial charge in [-0.3, -0.25) is 0 Å². The van der Waals surface area contributed by atoms with E-state index in [9.17, 15) is 0 Å². The number of nitriles is 1. The van der Waals surface area contributed by atoms with E-state index in [1.807, 2.05) is 6.07 Å². The van der Waals surface area contributed by atoms with Gasteiger partial charge in [-0.1, -0.05) is 38.1 Å². The number of nitrogens with zero attached hydrogens (tertiary/aromatic N) is 2. The van der Waals surface area contributed by atoms with Gasteiger partial charge in [0, 0.05) is 12.6 Å². The smallest absolute Gasteiger partial charge is 0.144 e. The maximum atomic E-state index is 8.98. The zero-order valence-electron chi connectivity index (χ0n) is 11.4. The first-order valence-corrected chi connectivity index (χ1v) is 6.35. The molecule has 1 aromatic heterocycles. The maximum Gasteiger partial charge on any atom is 0.144 e. The number of nitrogens with one attached hydrogen (secondary N) is 1. The van der Waals surface area contributed by atoms with Crippen LogP contribution in [0.25, 0.3) is 11.3 Å². The number of rotatable bonds is 3. The molecule has 0 aliphatic carbocycles. The highest BCUT2D eigenvalue weighted by molar-refractivity contribution is 5.65.